The zero-order valence-electron chi connectivity index (χ0n) is 13.0. The molecule has 0 fully saturated rings. The van der Waals surface area contributed by atoms with E-state index in [1.807, 2.05) is 13.8 Å². The fraction of sp³-hybridized carbons (Fsp3) is 0.933. The molecule has 0 aliphatic rings. The highest BCUT2D eigenvalue weighted by Gasteiger charge is 2.34. The lowest BCUT2D eigenvalue weighted by Crippen LogP contribution is -2.51. The van der Waals surface area contributed by atoms with Crippen molar-refractivity contribution in [2.24, 2.45) is 5.92 Å². The minimum atomic E-state index is -0.785. The van der Waals surface area contributed by atoms with Crippen LogP contribution in [0.3, 0.4) is 0 Å². The molecule has 1 unspecified atom stereocenters. The van der Waals surface area contributed by atoms with Crippen molar-refractivity contribution < 1.29 is 14.6 Å². The van der Waals surface area contributed by atoms with Gasteiger partial charge >= 0.3 is 5.97 Å². The van der Waals surface area contributed by atoms with E-state index >= 15 is 0 Å². The quantitative estimate of drug-likeness (QED) is 0.537. The SMILES string of the molecule is CCNC(CC)(CCCOCC(CC)CC)C(=O)O. The number of hydrogen-bond donors (Lipinski definition) is 2. The Morgan fingerprint density at radius 1 is 1.26 bits per heavy atom. The van der Waals surface area contributed by atoms with Crippen LogP contribution in [0.4, 0.5) is 0 Å². The van der Waals surface area contributed by atoms with Crippen LogP contribution in [0.15, 0.2) is 0 Å². The predicted octanol–water partition coefficient (Wildman–Crippen LogP) is 3.06. The van der Waals surface area contributed by atoms with E-state index in [-0.39, 0.29) is 0 Å². The Morgan fingerprint density at radius 3 is 2.32 bits per heavy atom. The minimum Gasteiger partial charge on any atom is -0.480 e. The van der Waals surface area contributed by atoms with Crippen LogP contribution in [0.1, 0.15) is 59.8 Å². The maximum atomic E-state index is 11.4. The molecule has 4 heteroatoms. The molecule has 0 saturated heterocycles. The van der Waals surface area contributed by atoms with Gasteiger partial charge in [-0.05, 0) is 31.7 Å². The van der Waals surface area contributed by atoms with Gasteiger partial charge in [0.15, 0.2) is 0 Å². The van der Waals surface area contributed by atoms with E-state index in [1.54, 1.807) is 0 Å². The summed E-state index contributed by atoms with van der Waals surface area (Å²) in [5.74, 6) is -0.124. The van der Waals surface area contributed by atoms with Gasteiger partial charge in [-0.15, -0.1) is 0 Å². The second-order valence-electron chi connectivity index (χ2n) is 5.13. The molecular weight excluding hydrogens is 242 g/mol. The number of carboxylic acid groups (broad SMARTS) is 1. The van der Waals surface area contributed by atoms with Gasteiger partial charge in [0, 0.05) is 13.2 Å². The van der Waals surface area contributed by atoms with E-state index in [0.29, 0.717) is 31.9 Å². The smallest absolute Gasteiger partial charge is 0.323 e. The third-order valence-corrected chi connectivity index (χ3v) is 3.93. The summed E-state index contributed by atoms with van der Waals surface area (Å²) >= 11 is 0. The second kappa shape index (κ2) is 10.2. The molecule has 0 aliphatic carbocycles. The number of aliphatic carboxylic acids is 1. The minimum absolute atomic E-state index is 0.600. The molecule has 4 nitrogen and oxygen atoms in total. The average molecular weight is 273 g/mol. The molecule has 0 rings (SSSR count). The van der Waals surface area contributed by atoms with Gasteiger partial charge < -0.3 is 15.2 Å². The largest absolute Gasteiger partial charge is 0.480 e. The molecule has 19 heavy (non-hydrogen) atoms. The molecule has 0 aromatic carbocycles. The number of hydrogen-bond acceptors (Lipinski definition) is 3. The fourth-order valence-corrected chi connectivity index (χ4v) is 2.31. The fourth-order valence-electron chi connectivity index (χ4n) is 2.31. The van der Waals surface area contributed by atoms with Crippen molar-refractivity contribution in [2.75, 3.05) is 19.8 Å². The lowest BCUT2D eigenvalue weighted by Gasteiger charge is -2.29. The molecule has 0 spiro atoms. The topological polar surface area (TPSA) is 58.6 Å². The average Bonchev–Trinajstić information content (AvgIpc) is 2.41. The van der Waals surface area contributed by atoms with Gasteiger partial charge in [-0.1, -0.05) is 40.5 Å². The summed E-state index contributed by atoms with van der Waals surface area (Å²) in [5, 5.41) is 12.5. The predicted molar refractivity (Wildman–Crippen MR) is 78.5 cm³/mol. The van der Waals surface area contributed by atoms with Gasteiger partial charge in [0.2, 0.25) is 0 Å². The highest BCUT2D eigenvalue weighted by atomic mass is 16.5. The Morgan fingerprint density at radius 2 is 1.89 bits per heavy atom. The molecule has 0 aromatic rings. The standard InChI is InChI=1S/C15H31NO3/c1-5-13(6-2)12-19-11-9-10-15(7-3,14(17)18)16-8-4/h13,16H,5-12H2,1-4H3,(H,17,18). The number of likely N-dealkylation sites (N-methyl/N-ethyl adjacent to an activating group) is 1. The van der Waals surface area contributed by atoms with Gasteiger partial charge in [-0.2, -0.15) is 0 Å². The van der Waals surface area contributed by atoms with Crippen molar-refractivity contribution in [3.05, 3.63) is 0 Å². The summed E-state index contributed by atoms with van der Waals surface area (Å²) < 4.78 is 5.65. The maximum Gasteiger partial charge on any atom is 0.323 e. The van der Waals surface area contributed by atoms with Crippen molar-refractivity contribution in [1.82, 2.24) is 5.32 Å². The number of rotatable bonds is 12. The van der Waals surface area contributed by atoms with Crippen LogP contribution >= 0.6 is 0 Å². The first-order chi connectivity index (χ1) is 9.06. The molecule has 0 heterocycles. The zero-order valence-corrected chi connectivity index (χ0v) is 13.0. The normalized spacial score (nSPS) is 14.6. The highest BCUT2D eigenvalue weighted by Crippen LogP contribution is 2.18. The number of ether oxygens (including phenoxy) is 1. The van der Waals surface area contributed by atoms with E-state index in [2.05, 4.69) is 19.2 Å². The number of carbonyl (C=O) groups is 1. The summed E-state index contributed by atoms with van der Waals surface area (Å²) in [4.78, 5) is 11.4. The molecule has 0 aliphatic heterocycles. The van der Waals surface area contributed by atoms with Crippen LogP contribution in [0, 0.1) is 5.92 Å². The van der Waals surface area contributed by atoms with Crippen LogP contribution in [0.2, 0.25) is 0 Å². The van der Waals surface area contributed by atoms with E-state index in [4.69, 9.17) is 4.74 Å². The van der Waals surface area contributed by atoms with E-state index in [0.717, 1.165) is 25.9 Å². The van der Waals surface area contributed by atoms with Crippen molar-refractivity contribution in [1.29, 1.82) is 0 Å². The van der Waals surface area contributed by atoms with Crippen molar-refractivity contribution >= 4 is 5.97 Å². The molecule has 0 aromatic heterocycles. The van der Waals surface area contributed by atoms with Gasteiger partial charge in [-0.25, -0.2) is 0 Å². The summed E-state index contributed by atoms with van der Waals surface area (Å²) in [5.41, 5.74) is -0.785. The monoisotopic (exact) mass is 273 g/mol. The molecule has 0 amide bonds. The second-order valence-corrected chi connectivity index (χ2v) is 5.13. The number of carboxylic acids is 1. The lowest BCUT2D eigenvalue weighted by atomic mass is 9.90. The Labute approximate surface area is 117 Å². The van der Waals surface area contributed by atoms with E-state index in [9.17, 15) is 9.90 Å². The Hall–Kier alpha value is -0.610. The van der Waals surface area contributed by atoms with Crippen molar-refractivity contribution in [2.45, 2.75) is 65.3 Å². The van der Waals surface area contributed by atoms with Gasteiger partial charge in [-0.3, -0.25) is 4.79 Å². The molecule has 2 N–H and O–H groups in total. The first kappa shape index (κ1) is 18.4. The first-order valence-corrected chi connectivity index (χ1v) is 7.62. The lowest BCUT2D eigenvalue weighted by molar-refractivity contribution is -0.145. The van der Waals surface area contributed by atoms with Crippen molar-refractivity contribution in [3.8, 4) is 0 Å². The third-order valence-electron chi connectivity index (χ3n) is 3.93. The molecule has 0 radical (unpaired) electrons. The molecule has 0 bridgehead atoms. The Bertz CT molecular complexity index is 242. The summed E-state index contributed by atoms with van der Waals surface area (Å²) in [7, 11) is 0. The molecular formula is C15H31NO3. The van der Waals surface area contributed by atoms with Crippen LogP contribution in [-0.2, 0) is 9.53 Å². The van der Waals surface area contributed by atoms with Gasteiger partial charge in [0.1, 0.15) is 5.54 Å². The molecule has 0 saturated carbocycles. The highest BCUT2D eigenvalue weighted by molar-refractivity contribution is 5.78. The Kier molecular flexibility index (Phi) is 9.88. The van der Waals surface area contributed by atoms with Gasteiger partial charge in [0.05, 0.1) is 0 Å². The Balaban J connectivity index is 4.03. The van der Waals surface area contributed by atoms with Gasteiger partial charge in [0.25, 0.3) is 0 Å². The third kappa shape index (κ3) is 6.39. The zero-order chi connectivity index (χ0) is 14.7. The van der Waals surface area contributed by atoms with Crippen LogP contribution in [0.5, 0.6) is 0 Å². The summed E-state index contributed by atoms with van der Waals surface area (Å²) in [6.07, 6.45) is 4.29. The van der Waals surface area contributed by atoms with Crippen LogP contribution < -0.4 is 5.32 Å². The van der Waals surface area contributed by atoms with Crippen LogP contribution in [0.25, 0.3) is 0 Å². The van der Waals surface area contributed by atoms with E-state index < -0.39 is 11.5 Å². The molecule has 114 valence electrons. The summed E-state index contributed by atoms with van der Waals surface area (Å²) in [6, 6.07) is 0. The maximum absolute atomic E-state index is 11.4. The van der Waals surface area contributed by atoms with E-state index in [1.165, 1.54) is 0 Å². The number of nitrogens with one attached hydrogen (secondary N) is 1. The summed E-state index contributed by atoms with van der Waals surface area (Å²) in [6.45, 7) is 10.3. The molecule has 1 atom stereocenters. The van der Waals surface area contributed by atoms with Crippen LogP contribution in [-0.4, -0.2) is 36.4 Å². The first-order valence-electron chi connectivity index (χ1n) is 7.62. The van der Waals surface area contributed by atoms with Crippen molar-refractivity contribution in [3.63, 3.8) is 0 Å².